The van der Waals surface area contributed by atoms with Gasteiger partial charge in [-0.15, -0.1) is 0 Å². The van der Waals surface area contributed by atoms with Crippen LogP contribution in [0, 0.1) is 13.8 Å². The first-order valence-electron chi connectivity index (χ1n) is 7.23. The molecule has 0 atom stereocenters. The molecule has 21 heavy (non-hydrogen) atoms. The Morgan fingerprint density at radius 3 is 2.38 bits per heavy atom. The number of amidine groups is 1. The van der Waals surface area contributed by atoms with Crippen LogP contribution in [0.2, 0.25) is 0 Å². The number of oxime groups is 1. The first-order chi connectivity index (χ1) is 9.88. The normalized spacial score (nSPS) is 12.3. The van der Waals surface area contributed by atoms with Crippen molar-refractivity contribution >= 4 is 11.7 Å². The lowest BCUT2D eigenvalue weighted by molar-refractivity contribution is -0.121. The molecule has 1 rings (SSSR count). The third-order valence-electron chi connectivity index (χ3n) is 4.12. The van der Waals surface area contributed by atoms with E-state index in [0.29, 0.717) is 12.8 Å². The van der Waals surface area contributed by atoms with E-state index in [1.54, 1.807) is 0 Å². The molecular formula is C16H25N3O2. The van der Waals surface area contributed by atoms with Crippen molar-refractivity contribution in [3.8, 4) is 0 Å². The van der Waals surface area contributed by atoms with Gasteiger partial charge in [-0.2, -0.15) is 0 Å². The van der Waals surface area contributed by atoms with Gasteiger partial charge in [0.25, 0.3) is 0 Å². The molecule has 5 heteroatoms. The average molecular weight is 291 g/mol. The highest BCUT2D eigenvalue weighted by molar-refractivity contribution is 5.94. The van der Waals surface area contributed by atoms with Crippen LogP contribution in [0.5, 0.6) is 0 Å². The Hall–Kier alpha value is -2.04. The van der Waals surface area contributed by atoms with Gasteiger partial charge in [-0.1, -0.05) is 37.2 Å². The maximum Gasteiger partial charge on any atom is 0.225 e. The van der Waals surface area contributed by atoms with Crippen molar-refractivity contribution < 1.29 is 10.0 Å². The first kappa shape index (κ1) is 17.0. The molecule has 4 N–H and O–H groups in total. The zero-order valence-electron chi connectivity index (χ0n) is 13.2. The van der Waals surface area contributed by atoms with Gasteiger partial charge in [-0.25, -0.2) is 0 Å². The maximum absolute atomic E-state index is 12.3. The summed E-state index contributed by atoms with van der Waals surface area (Å²) in [5, 5.41) is 14.9. The number of aryl methyl sites for hydroxylation is 2. The van der Waals surface area contributed by atoms with Crippen LogP contribution in [-0.2, 0) is 11.2 Å². The fraction of sp³-hybridized carbons (Fsp3) is 0.500. The largest absolute Gasteiger partial charge is 0.409 e. The van der Waals surface area contributed by atoms with E-state index in [-0.39, 0.29) is 18.2 Å². The molecule has 0 saturated heterocycles. The predicted molar refractivity (Wildman–Crippen MR) is 84.5 cm³/mol. The van der Waals surface area contributed by atoms with E-state index in [4.69, 9.17) is 10.9 Å². The fourth-order valence-electron chi connectivity index (χ4n) is 2.36. The molecule has 0 radical (unpaired) electrons. The van der Waals surface area contributed by atoms with Gasteiger partial charge in [0, 0.05) is 0 Å². The van der Waals surface area contributed by atoms with Crippen molar-refractivity contribution in [2.45, 2.75) is 52.5 Å². The molecule has 1 aromatic rings. The lowest BCUT2D eigenvalue weighted by Gasteiger charge is -2.31. The van der Waals surface area contributed by atoms with Crippen molar-refractivity contribution in [3.63, 3.8) is 0 Å². The van der Waals surface area contributed by atoms with Crippen LogP contribution in [0.1, 0.15) is 43.4 Å². The van der Waals surface area contributed by atoms with Crippen LogP contribution in [0.15, 0.2) is 23.4 Å². The highest BCUT2D eigenvalue weighted by Crippen LogP contribution is 2.16. The summed E-state index contributed by atoms with van der Waals surface area (Å²) in [6.45, 7) is 7.86. The highest BCUT2D eigenvalue weighted by Gasteiger charge is 2.33. The number of hydrogen-bond donors (Lipinski definition) is 3. The minimum atomic E-state index is -0.786. The second-order valence-corrected chi connectivity index (χ2v) is 5.42. The second-order valence-electron chi connectivity index (χ2n) is 5.42. The molecule has 0 unspecified atom stereocenters. The SMILES string of the molecule is CCC(CC)(NC(=O)Cc1ccc(C)c(C)c1)C(N)=NO. The van der Waals surface area contributed by atoms with Gasteiger partial charge in [0.2, 0.25) is 5.91 Å². The number of nitrogens with one attached hydrogen (secondary N) is 1. The van der Waals surface area contributed by atoms with Crippen LogP contribution in [0.4, 0.5) is 0 Å². The molecule has 0 saturated carbocycles. The number of rotatable bonds is 6. The standard InChI is InChI=1S/C16H25N3O2/c1-5-16(6-2,15(17)19-21)18-14(20)10-13-8-7-11(3)12(4)9-13/h7-9,21H,5-6,10H2,1-4H3,(H2,17,19)(H,18,20). The lowest BCUT2D eigenvalue weighted by atomic mass is 9.91. The van der Waals surface area contributed by atoms with Gasteiger partial charge in [-0.3, -0.25) is 4.79 Å². The Bertz CT molecular complexity index is 534. The van der Waals surface area contributed by atoms with E-state index >= 15 is 0 Å². The lowest BCUT2D eigenvalue weighted by Crippen LogP contribution is -2.57. The summed E-state index contributed by atoms with van der Waals surface area (Å²) >= 11 is 0. The Kier molecular flexibility index (Phi) is 5.76. The van der Waals surface area contributed by atoms with E-state index in [1.807, 2.05) is 45.9 Å². The molecule has 116 valence electrons. The number of hydrogen-bond acceptors (Lipinski definition) is 3. The van der Waals surface area contributed by atoms with Gasteiger partial charge in [-0.05, 0) is 43.4 Å². The van der Waals surface area contributed by atoms with Gasteiger partial charge >= 0.3 is 0 Å². The van der Waals surface area contributed by atoms with Crippen LogP contribution < -0.4 is 11.1 Å². The summed E-state index contributed by atoms with van der Waals surface area (Å²) in [5.41, 5.74) is 8.28. The monoisotopic (exact) mass is 291 g/mol. The van der Waals surface area contributed by atoms with Crippen LogP contribution in [0.3, 0.4) is 0 Å². The van der Waals surface area contributed by atoms with E-state index < -0.39 is 5.54 Å². The molecule has 0 bridgehead atoms. The van der Waals surface area contributed by atoms with Gasteiger partial charge < -0.3 is 16.3 Å². The second kappa shape index (κ2) is 7.11. The molecule has 0 aliphatic rings. The predicted octanol–water partition coefficient (Wildman–Crippen LogP) is 2.27. The van der Waals surface area contributed by atoms with Gasteiger partial charge in [0.1, 0.15) is 5.54 Å². The first-order valence-corrected chi connectivity index (χ1v) is 7.23. The molecule has 0 aliphatic heterocycles. The minimum Gasteiger partial charge on any atom is -0.409 e. The summed E-state index contributed by atoms with van der Waals surface area (Å²) in [7, 11) is 0. The third-order valence-corrected chi connectivity index (χ3v) is 4.12. The molecule has 1 aromatic carbocycles. The Labute approximate surface area is 126 Å². The van der Waals surface area contributed by atoms with E-state index in [9.17, 15) is 4.79 Å². The third kappa shape index (κ3) is 3.97. The molecule has 0 aromatic heterocycles. The van der Waals surface area contributed by atoms with E-state index in [1.165, 1.54) is 5.56 Å². The molecule has 0 aliphatic carbocycles. The van der Waals surface area contributed by atoms with Crippen LogP contribution in [-0.4, -0.2) is 22.5 Å². The van der Waals surface area contributed by atoms with Crippen molar-refractivity contribution in [3.05, 3.63) is 34.9 Å². The molecule has 1 amide bonds. The fourth-order valence-corrected chi connectivity index (χ4v) is 2.36. The highest BCUT2D eigenvalue weighted by atomic mass is 16.4. The average Bonchev–Trinajstić information content (AvgIpc) is 2.47. The zero-order chi connectivity index (χ0) is 16.0. The molecule has 0 spiro atoms. The summed E-state index contributed by atoms with van der Waals surface area (Å²) < 4.78 is 0. The van der Waals surface area contributed by atoms with Crippen molar-refractivity contribution in [2.24, 2.45) is 10.9 Å². The molecular weight excluding hydrogens is 266 g/mol. The smallest absolute Gasteiger partial charge is 0.225 e. The van der Waals surface area contributed by atoms with Crippen LogP contribution >= 0.6 is 0 Å². The Morgan fingerprint density at radius 1 is 1.29 bits per heavy atom. The Balaban J connectivity index is 2.86. The number of carbonyl (C=O) groups is 1. The number of nitrogens with zero attached hydrogens (tertiary/aromatic N) is 1. The van der Waals surface area contributed by atoms with Gasteiger partial charge in [0.15, 0.2) is 5.84 Å². The maximum atomic E-state index is 12.3. The molecule has 0 fully saturated rings. The number of carbonyl (C=O) groups excluding carboxylic acids is 1. The van der Waals surface area contributed by atoms with Crippen molar-refractivity contribution in [2.75, 3.05) is 0 Å². The quantitative estimate of drug-likeness (QED) is 0.325. The van der Waals surface area contributed by atoms with Crippen LogP contribution in [0.25, 0.3) is 0 Å². The summed E-state index contributed by atoms with van der Waals surface area (Å²) in [6, 6.07) is 5.97. The molecule has 5 nitrogen and oxygen atoms in total. The summed E-state index contributed by atoms with van der Waals surface area (Å²) in [6.07, 6.45) is 1.41. The number of benzene rings is 1. The Morgan fingerprint density at radius 2 is 1.90 bits per heavy atom. The van der Waals surface area contributed by atoms with E-state index in [0.717, 1.165) is 11.1 Å². The summed E-state index contributed by atoms with van der Waals surface area (Å²) in [4.78, 5) is 12.3. The number of nitrogens with two attached hydrogens (primary N) is 1. The summed E-state index contributed by atoms with van der Waals surface area (Å²) in [5.74, 6) is -0.0884. The van der Waals surface area contributed by atoms with E-state index in [2.05, 4.69) is 10.5 Å². The zero-order valence-corrected chi connectivity index (χ0v) is 13.2. The number of amides is 1. The van der Waals surface area contributed by atoms with Crippen molar-refractivity contribution in [1.82, 2.24) is 5.32 Å². The topological polar surface area (TPSA) is 87.7 Å². The van der Waals surface area contributed by atoms with Gasteiger partial charge in [0.05, 0.1) is 6.42 Å². The molecule has 0 heterocycles. The van der Waals surface area contributed by atoms with Crippen molar-refractivity contribution in [1.29, 1.82) is 0 Å². The minimum absolute atomic E-state index is 0.0425.